The van der Waals surface area contributed by atoms with Crippen LogP contribution in [0.3, 0.4) is 0 Å². The Hall–Kier alpha value is -3.07. The number of carbonyl (C=O) groups excluding carboxylic acids is 3. The smallest absolute Gasteiger partial charge is 0.265 e. The fraction of sp³-hybridized carbons (Fsp3) is 0.300. The number of ether oxygens (including phenoxy) is 1. The first kappa shape index (κ1) is 28.5. The predicted molar refractivity (Wildman–Crippen MR) is 159 cm³/mol. The van der Waals surface area contributed by atoms with E-state index in [0.717, 1.165) is 10.0 Å². The van der Waals surface area contributed by atoms with Crippen LogP contribution in [0.15, 0.2) is 65.1 Å². The van der Waals surface area contributed by atoms with Crippen LogP contribution in [0.2, 0.25) is 10.0 Å². The first-order valence-electron chi connectivity index (χ1n) is 12.7. The number of carbonyl (C=O) groups is 3. The first-order chi connectivity index (χ1) is 18.8. The van der Waals surface area contributed by atoms with Crippen molar-refractivity contribution in [3.8, 4) is 5.75 Å². The number of anilines is 1. The Morgan fingerprint density at radius 2 is 1.77 bits per heavy atom. The molecule has 5 rings (SSSR count). The third-order valence-corrected chi connectivity index (χ3v) is 8.53. The fourth-order valence-electron chi connectivity index (χ4n) is 5.96. The lowest BCUT2D eigenvalue weighted by Gasteiger charge is -2.47. The maximum atomic E-state index is 14.3. The number of hydrogen-bond donors (Lipinski definition) is 2. The van der Waals surface area contributed by atoms with Crippen molar-refractivity contribution in [2.75, 3.05) is 19.4 Å². The van der Waals surface area contributed by atoms with Gasteiger partial charge in [-0.1, -0.05) is 57.3 Å². The molecule has 1 spiro atoms. The minimum atomic E-state index is -1.28. The summed E-state index contributed by atoms with van der Waals surface area (Å²) in [7, 11) is 3.32. The van der Waals surface area contributed by atoms with Crippen LogP contribution in [0.1, 0.15) is 48.9 Å². The molecule has 1 fully saturated rings. The Morgan fingerprint density at radius 1 is 1.05 bits per heavy atom. The van der Waals surface area contributed by atoms with Crippen molar-refractivity contribution in [2.24, 2.45) is 0 Å². The van der Waals surface area contributed by atoms with Gasteiger partial charge in [0.1, 0.15) is 11.2 Å². The van der Waals surface area contributed by atoms with E-state index in [2.05, 4.69) is 26.6 Å². The van der Waals surface area contributed by atoms with Crippen LogP contribution < -0.4 is 15.4 Å². The number of likely N-dealkylation sites (N-methyl/N-ethyl adjacent to an activating group) is 1. The van der Waals surface area contributed by atoms with E-state index in [1.54, 1.807) is 64.3 Å². The molecule has 2 heterocycles. The summed E-state index contributed by atoms with van der Waals surface area (Å²) in [6, 6.07) is 17.0. The van der Waals surface area contributed by atoms with E-state index in [1.807, 2.05) is 24.3 Å². The highest BCUT2D eigenvalue weighted by Crippen LogP contribution is 2.58. The molecule has 0 saturated carbocycles. The number of nitrogens with one attached hydrogen (secondary N) is 2. The average molecular weight is 645 g/mol. The first-order valence-corrected chi connectivity index (χ1v) is 14.3. The molecule has 3 amide bonds. The van der Waals surface area contributed by atoms with E-state index in [1.165, 1.54) is 4.90 Å². The summed E-state index contributed by atoms with van der Waals surface area (Å²) in [4.78, 5) is 42.1. The second-order valence-corrected chi connectivity index (χ2v) is 12.6. The van der Waals surface area contributed by atoms with Gasteiger partial charge in [-0.25, -0.2) is 0 Å². The van der Waals surface area contributed by atoms with E-state index >= 15 is 0 Å². The number of nitrogens with zero attached hydrogens (tertiary/aromatic N) is 1. The lowest BCUT2D eigenvalue weighted by atomic mass is 9.59. The van der Waals surface area contributed by atoms with Crippen molar-refractivity contribution in [1.29, 1.82) is 0 Å². The minimum Gasteiger partial charge on any atom is -0.478 e. The lowest BCUT2D eigenvalue weighted by molar-refractivity contribution is -0.143. The van der Waals surface area contributed by atoms with Crippen LogP contribution in [-0.4, -0.2) is 42.3 Å². The molecule has 0 radical (unpaired) electrons. The van der Waals surface area contributed by atoms with Crippen molar-refractivity contribution in [2.45, 2.75) is 43.2 Å². The SMILES string of the molecule is CN(C)C(=O)C(C)(C)Oc1ccc(Br)cc1[C@H]1NC(=O)C[C@@H](c2cccc(Cl)c2)[C@]12C(=O)Nc1cc(Cl)ccc12. The Morgan fingerprint density at radius 3 is 2.48 bits per heavy atom. The Kier molecular flexibility index (Phi) is 7.40. The van der Waals surface area contributed by atoms with Crippen molar-refractivity contribution < 1.29 is 19.1 Å². The number of fused-ring (bicyclic) bond motifs is 2. The highest BCUT2D eigenvalue weighted by atomic mass is 79.9. The second-order valence-electron chi connectivity index (χ2n) is 10.8. The summed E-state index contributed by atoms with van der Waals surface area (Å²) in [5, 5.41) is 7.11. The van der Waals surface area contributed by atoms with E-state index in [0.29, 0.717) is 32.6 Å². The summed E-state index contributed by atoms with van der Waals surface area (Å²) in [6.07, 6.45) is 0.0567. The number of amides is 3. The summed E-state index contributed by atoms with van der Waals surface area (Å²) < 4.78 is 7.09. The predicted octanol–water partition coefficient (Wildman–Crippen LogP) is 6.24. The third-order valence-electron chi connectivity index (χ3n) is 7.57. The zero-order valence-electron chi connectivity index (χ0n) is 22.3. The van der Waals surface area contributed by atoms with Gasteiger partial charge < -0.3 is 20.3 Å². The van der Waals surface area contributed by atoms with E-state index in [9.17, 15) is 14.4 Å². The Balaban J connectivity index is 1.77. The number of piperidine rings is 1. The lowest BCUT2D eigenvalue weighted by Crippen LogP contribution is -2.57. The molecule has 3 aromatic carbocycles. The van der Waals surface area contributed by atoms with Crippen LogP contribution in [0.5, 0.6) is 5.75 Å². The molecule has 0 aromatic heterocycles. The minimum absolute atomic E-state index is 0.0567. The second kappa shape index (κ2) is 10.4. The molecule has 40 heavy (non-hydrogen) atoms. The van der Waals surface area contributed by atoms with Gasteiger partial charge in [-0.3, -0.25) is 14.4 Å². The molecule has 2 N–H and O–H groups in total. The summed E-state index contributed by atoms with van der Waals surface area (Å²) >= 11 is 16.3. The molecule has 0 bridgehead atoms. The van der Waals surface area contributed by atoms with Gasteiger partial charge in [0.25, 0.3) is 5.91 Å². The molecule has 3 aromatic rings. The molecule has 3 atom stereocenters. The average Bonchev–Trinajstić information content (AvgIpc) is 3.16. The van der Waals surface area contributed by atoms with Crippen LogP contribution in [0.25, 0.3) is 0 Å². The molecule has 7 nitrogen and oxygen atoms in total. The van der Waals surface area contributed by atoms with Crippen molar-refractivity contribution >= 4 is 62.5 Å². The van der Waals surface area contributed by atoms with E-state index in [4.69, 9.17) is 27.9 Å². The fourth-order valence-corrected chi connectivity index (χ4v) is 6.71. The number of hydrogen-bond acceptors (Lipinski definition) is 4. The van der Waals surface area contributed by atoms with E-state index < -0.39 is 23.0 Å². The normalized spacial score (nSPS) is 22.0. The zero-order valence-corrected chi connectivity index (χ0v) is 25.4. The van der Waals surface area contributed by atoms with Crippen molar-refractivity contribution in [1.82, 2.24) is 10.2 Å². The van der Waals surface area contributed by atoms with Gasteiger partial charge in [0.2, 0.25) is 11.8 Å². The van der Waals surface area contributed by atoms with Gasteiger partial charge >= 0.3 is 0 Å². The zero-order chi connectivity index (χ0) is 29.0. The van der Waals surface area contributed by atoms with Crippen molar-refractivity contribution in [3.63, 3.8) is 0 Å². The van der Waals surface area contributed by atoms with Crippen molar-refractivity contribution in [3.05, 3.63) is 91.9 Å². The molecule has 1 saturated heterocycles. The highest BCUT2D eigenvalue weighted by Gasteiger charge is 2.61. The summed E-state index contributed by atoms with van der Waals surface area (Å²) in [5.74, 6) is -0.954. The number of rotatable bonds is 5. The summed E-state index contributed by atoms with van der Waals surface area (Å²) in [6.45, 7) is 3.37. The van der Waals surface area contributed by atoms with Crippen LogP contribution >= 0.6 is 39.1 Å². The van der Waals surface area contributed by atoms with Crippen LogP contribution in [-0.2, 0) is 19.8 Å². The maximum absolute atomic E-state index is 14.3. The largest absolute Gasteiger partial charge is 0.478 e. The highest BCUT2D eigenvalue weighted by molar-refractivity contribution is 9.10. The Labute approximate surface area is 251 Å². The van der Waals surface area contributed by atoms with Gasteiger partial charge in [0.05, 0.1) is 6.04 Å². The molecular formula is C30H28BrCl2N3O4. The van der Waals surface area contributed by atoms with Gasteiger partial charge in [0.15, 0.2) is 5.60 Å². The monoisotopic (exact) mass is 643 g/mol. The quantitative estimate of drug-likeness (QED) is 0.344. The maximum Gasteiger partial charge on any atom is 0.265 e. The number of halogens is 3. The Bertz CT molecular complexity index is 1540. The van der Waals surface area contributed by atoms with Gasteiger partial charge in [0, 0.05) is 52.2 Å². The molecule has 0 aliphatic carbocycles. The molecule has 2 aliphatic heterocycles. The topological polar surface area (TPSA) is 87.7 Å². The number of benzene rings is 3. The summed E-state index contributed by atoms with van der Waals surface area (Å²) in [5.41, 5.74) is 0.0661. The molecule has 2 aliphatic rings. The standard InChI is InChI=1S/C30H28BrCl2N3O4/c1-29(2,28(39)36(3)4)40-24-11-8-17(31)13-20(24)26-30(21-10-9-19(33)14-23(21)34-27(30)38)22(15-25(37)35-26)16-6-5-7-18(32)12-16/h5-14,22,26H,15H2,1-4H3,(H,34,38)(H,35,37)/t22-,26+,30-/m0/s1. The van der Waals surface area contributed by atoms with Gasteiger partial charge in [-0.15, -0.1) is 0 Å². The molecule has 10 heteroatoms. The van der Waals surface area contributed by atoms with Crippen LogP contribution in [0.4, 0.5) is 5.69 Å². The van der Waals surface area contributed by atoms with Crippen LogP contribution in [0, 0.1) is 0 Å². The van der Waals surface area contributed by atoms with Gasteiger partial charge in [-0.05, 0) is 67.4 Å². The van der Waals surface area contributed by atoms with E-state index in [-0.39, 0.29) is 24.1 Å². The molecule has 0 unspecified atom stereocenters. The van der Waals surface area contributed by atoms with Gasteiger partial charge in [-0.2, -0.15) is 0 Å². The molecular weight excluding hydrogens is 617 g/mol. The third kappa shape index (κ3) is 4.76. The molecule has 208 valence electrons.